The van der Waals surface area contributed by atoms with Crippen LogP contribution in [0.1, 0.15) is 28.4 Å². The molecule has 6 heteroatoms. The number of carbonyl (C=O) groups excluding carboxylic acids is 2. The maximum atomic E-state index is 12.6. The van der Waals surface area contributed by atoms with Gasteiger partial charge in [0, 0.05) is 11.1 Å². The van der Waals surface area contributed by atoms with Crippen molar-refractivity contribution in [3.8, 4) is 5.75 Å². The van der Waals surface area contributed by atoms with Crippen molar-refractivity contribution in [2.45, 2.75) is 13.5 Å². The molecular weight excluding hydrogens is 380 g/mol. The second kappa shape index (κ2) is 9.43. The molecule has 0 unspecified atom stereocenters. The number of ketones is 1. The fourth-order valence-corrected chi connectivity index (χ4v) is 2.61. The Morgan fingerprint density at radius 3 is 2.33 bits per heavy atom. The standard InChI is InChI=1S/C24H20N2O4/c1-16(2)24(29)30-15-17-7-6-10-19(13-17)25-26-20-11-12-22(27)21(14-20)23(28)18-8-4-3-5-9-18/h3-14,27H,1,15H2,2H3/b26-25+. The van der Waals surface area contributed by atoms with Crippen LogP contribution in [0.15, 0.2) is 95.2 Å². The van der Waals surface area contributed by atoms with E-state index in [1.165, 1.54) is 12.1 Å². The molecule has 6 nitrogen and oxygen atoms in total. The third-order valence-electron chi connectivity index (χ3n) is 4.17. The van der Waals surface area contributed by atoms with Gasteiger partial charge in [0.05, 0.1) is 16.9 Å². The molecule has 0 aliphatic carbocycles. The third-order valence-corrected chi connectivity index (χ3v) is 4.17. The lowest BCUT2D eigenvalue weighted by atomic mass is 10.0. The normalized spacial score (nSPS) is 10.7. The molecule has 0 saturated heterocycles. The first-order valence-corrected chi connectivity index (χ1v) is 9.20. The summed E-state index contributed by atoms with van der Waals surface area (Å²) in [5.74, 6) is -0.877. The molecule has 0 aromatic heterocycles. The summed E-state index contributed by atoms with van der Waals surface area (Å²) in [4.78, 5) is 24.2. The summed E-state index contributed by atoms with van der Waals surface area (Å²) in [7, 11) is 0. The number of esters is 1. The maximum absolute atomic E-state index is 12.6. The molecule has 0 aliphatic rings. The van der Waals surface area contributed by atoms with E-state index in [0.717, 1.165) is 5.56 Å². The van der Waals surface area contributed by atoms with Crippen LogP contribution in [0, 0.1) is 0 Å². The zero-order valence-electron chi connectivity index (χ0n) is 16.4. The molecule has 0 atom stereocenters. The molecule has 1 N–H and O–H groups in total. The van der Waals surface area contributed by atoms with Crippen LogP contribution in [0.4, 0.5) is 11.4 Å². The molecular formula is C24H20N2O4. The van der Waals surface area contributed by atoms with Crippen molar-refractivity contribution >= 4 is 23.1 Å². The minimum absolute atomic E-state index is 0.101. The van der Waals surface area contributed by atoms with E-state index in [1.807, 2.05) is 12.1 Å². The highest BCUT2D eigenvalue weighted by atomic mass is 16.5. The van der Waals surface area contributed by atoms with Gasteiger partial charge >= 0.3 is 5.97 Å². The molecule has 3 aromatic carbocycles. The van der Waals surface area contributed by atoms with Gasteiger partial charge in [0.25, 0.3) is 0 Å². The Bertz CT molecular complexity index is 1120. The minimum Gasteiger partial charge on any atom is -0.507 e. The Morgan fingerprint density at radius 1 is 0.933 bits per heavy atom. The van der Waals surface area contributed by atoms with Crippen LogP contribution in [0.3, 0.4) is 0 Å². The molecule has 3 aromatic rings. The molecule has 0 heterocycles. The van der Waals surface area contributed by atoms with E-state index in [1.54, 1.807) is 55.5 Å². The lowest BCUT2D eigenvalue weighted by Crippen LogP contribution is -2.04. The van der Waals surface area contributed by atoms with Crippen LogP contribution >= 0.6 is 0 Å². The van der Waals surface area contributed by atoms with Gasteiger partial charge in [0.15, 0.2) is 5.78 Å². The number of rotatable bonds is 7. The molecule has 3 rings (SSSR count). The van der Waals surface area contributed by atoms with E-state index in [9.17, 15) is 14.7 Å². The molecule has 0 bridgehead atoms. The summed E-state index contributed by atoms with van der Waals surface area (Å²) in [6.45, 7) is 5.23. The van der Waals surface area contributed by atoms with E-state index in [2.05, 4.69) is 16.8 Å². The molecule has 30 heavy (non-hydrogen) atoms. The average Bonchev–Trinajstić information content (AvgIpc) is 2.77. The number of ether oxygens (including phenoxy) is 1. The molecule has 0 radical (unpaired) electrons. The molecule has 0 amide bonds. The van der Waals surface area contributed by atoms with Gasteiger partial charge in [-0.05, 0) is 42.8 Å². The number of nitrogens with zero attached hydrogens (tertiary/aromatic N) is 2. The zero-order chi connectivity index (χ0) is 21.5. The average molecular weight is 400 g/mol. The topological polar surface area (TPSA) is 88.3 Å². The fraction of sp³-hybridized carbons (Fsp3) is 0.0833. The monoisotopic (exact) mass is 400 g/mol. The van der Waals surface area contributed by atoms with Gasteiger partial charge in [-0.2, -0.15) is 10.2 Å². The van der Waals surface area contributed by atoms with E-state index >= 15 is 0 Å². The second-order valence-corrected chi connectivity index (χ2v) is 6.62. The summed E-state index contributed by atoms with van der Waals surface area (Å²) >= 11 is 0. The highest BCUT2D eigenvalue weighted by Gasteiger charge is 2.14. The van der Waals surface area contributed by atoms with E-state index in [-0.39, 0.29) is 23.7 Å². The number of aromatic hydroxyl groups is 1. The quantitative estimate of drug-likeness (QED) is 0.240. The summed E-state index contributed by atoms with van der Waals surface area (Å²) in [6.07, 6.45) is 0. The van der Waals surface area contributed by atoms with E-state index in [4.69, 9.17) is 4.74 Å². The van der Waals surface area contributed by atoms with Crippen molar-refractivity contribution in [2.75, 3.05) is 0 Å². The van der Waals surface area contributed by atoms with E-state index < -0.39 is 5.97 Å². The predicted molar refractivity (Wildman–Crippen MR) is 113 cm³/mol. The van der Waals surface area contributed by atoms with Crippen LogP contribution in [-0.4, -0.2) is 16.9 Å². The van der Waals surface area contributed by atoms with Gasteiger partial charge in [0.2, 0.25) is 0 Å². The van der Waals surface area contributed by atoms with Crippen LogP contribution in [-0.2, 0) is 16.1 Å². The smallest absolute Gasteiger partial charge is 0.333 e. The number of benzene rings is 3. The number of hydrogen-bond donors (Lipinski definition) is 1. The first-order chi connectivity index (χ1) is 14.4. The number of phenols is 1. The number of phenolic OH excluding ortho intramolecular Hbond substituents is 1. The van der Waals surface area contributed by atoms with Gasteiger partial charge in [-0.1, -0.05) is 49.0 Å². The summed E-state index contributed by atoms with van der Waals surface area (Å²) < 4.78 is 5.13. The van der Waals surface area contributed by atoms with Crippen molar-refractivity contribution in [3.05, 3.63) is 102 Å². The zero-order valence-corrected chi connectivity index (χ0v) is 16.4. The number of azo groups is 1. The predicted octanol–water partition coefficient (Wildman–Crippen LogP) is 5.66. The fourth-order valence-electron chi connectivity index (χ4n) is 2.61. The third kappa shape index (κ3) is 5.26. The highest BCUT2D eigenvalue weighted by molar-refractivity contribution is 6.11. The Labute approximate surface area is 174 Å². The van der Waals surface area contributed by atoms with Gasteiger partial charge in [-0.15, -0.1) is 0 Å². The second-order valence-electron chi connectivity index (χ2n) is 6.62. The lowest BCUT2D eigenvalue weighted by molar-refractivity contribution is -0.140. The highest BCUT2D eigenvalue weighted by Crippen LogP contribution is 2.27. The molecule has 0 saturated carbocycles. The minimum atomic E-state index is -0.457. The van der Waals surface area contributed by atoms with Crippen molar-refractivity contribution in [1.29, 1.82) is 0 Å². The SMILES string of the molecule is C=C(C)C(=O)OCc1cccc(/N=N/c2ccc(O)c(C(=O)c3ccccc3)c2)c1. The summed E-state index contributed by atoms with van der Waals surface area (Å²) in [6, 6.07) is 20.3. The van der Waals surface area contributed by atoms with Gasteiger partial charge in [-0.25, -0.2) is 4.79 Å². The van der Waals surface area contributed by atoms with Crippen LogP contribution in [0.2, 0.25) is 0 Å². The Balaban J connectivity index is 1.77. The molecule has 0 fully saturated rings. The largest absolute Gasteiger partial charge is 0.507 e. The number of hydrogen-bond acceptors (Lipinski definition) is 6. The maximum Gasteiger partial charge on any atom is 0.333 e. The molecule has 0 spiro atoms. The molecule has 150 valence electrons. The lowest BCUT2D eigenvalue weighted by Gasteiger charge is -2.05. The number of carbonyl (C=O) groups is 2. The summed E-state index contributed by atoms with van der Waals surface area (Å²) in [5.41, 5.74) is 2.69. The Kier molecular flexibility index (Phi) is 6.49. The van der Waals surface area contributed by atoms with Gasteiger partial charge in [0.1, 0.15) is 12.4 Å². The van der Waals surface area contributed by atoms with Crippen LogP contribution in [0.5, 0.6) is 5.75 Å². The Morgan fingerprint density at radius 2 is 1.63 bits per heavy atom. The first-order valence-electron chi connectivity index (χ1n) is 9.20. The molecule has 0 aliphatic heterocycles. The summed E-state index contributed by atoms with van der Waals surface area (Å²) in [5, 5.41) is 18.4. The van der Waals surface area contributed by atoms with Crippen molar-refractivity contribution < 1.29 is 19.4 Å². The van der Waals surface area contributed by atoms with Crippen molar-refractivity contribution in [1.82, 2.24) is 0 Å². The van der Waals surface area contributed by atoms with E-state index in [0.29, 0.717) is 22.5 Å². The van der Waals surface area contributed by atoms with Gasteiger partial charge < -0.3 is 9.84 Å². The van der Waals surface area contributed by atoms with Crippen LogP contribution in [0.25, 0.3) is 0 Å². The van der Waals surface area contributed by atoms with Crippen LogP contribution < -0.4 is 0 Å². The van der Waals surface area contributed by atoms with Crippen molar-refractivity contribution in [2.24, 2.45) is 10.2 Å². The first kappa shape index (κ1) is 20.7. The Hall–Kier alpha value is -4.06. The van der Waals surface area contributed by atoms with Gasteiger partial charge in [-0.3, -0.25) is 4.79 Å². The van der Waals surface area contributed by atoms with Crippen molar-refractivity contribution in [3.63, 3.8) is 0 Å².